The number of aromatic nitrogens is 1. The van der Waals surface area contributed by atoms with Gasteiger partial charge in [-0.05, 0) is 48.9 Å². The van der Waals surface area contributed by atoms with Gasteiger partial charge in [0.2, 0.25) is 0 Å². The van der Waals surface area contributed by atoms with Gasteiger partial charge in [-0.2, -0.15) is 0 Å². The van der Waals surface area contributed by atoms with Crippen LogP contribution in [0.3, 0.4) is 0 Å². The third-order valence-electron chi connectivity index (χ3n) is 3.50. The standard InChI is InChI=1S/C18H13F2NO/c1-10-8-14(18-15(19)4-3-5-16(18)20)13-9-12(11(2)22)6-7-17(13)21-10/h3-9,22H,2H2,1H3. The number of pyridine rings is 1. The summed E-state index contributed by atoms with van der Waals surface area (Å²) in [7, 11) is 0. The highest BCUT2D eigenvalue weighted by Crippen LogP contribution is 2.33. The molecule has 0 aliphatic rings. The molecule has 0 atom stereocenters. The Morgan fingerprint density at radius 1 is 1.09 bits per heavy atom. The summed E-state index contributed by atoms with van der Waals surface area (Å²) >= 11 is 0. The smallest absolute Gasteiger partial charge is 0.133 e. The Morgan fingerprint density at radius 3 is 2.41 bits per heavy atom. The zero-order valence-corrected chi connectivity index (χ0v) is 11.9. The molecule has 0 bridgehead atoms. The zero-order valence-electron chi connectivity index (χ0n) is 11.9. The Labute approximate surface area is 126 Å². The molecule has 4 heteroatoms. The van der Waals surface area contributed by atoms with Crippen LogP contribution >= 0.6 is 0 Å². The molecule has 110 valence electrons. The van der Waals surface area contributed by atoms with Gasteiger partial charge in [0.05, 0.1) is 11.1 Å². The zero-order chi connectivity index (χ0) is 15.9. The van der Waals surface area contributed by atoms with Crippen molar-refractivity contribution in [1.82, 2.24) is 4.98 Å². The quantitative estimate of drug-likeness (QED) is 0.674. The highest BCUT2D eigenvalue weighted by atomic mass is 19.1. The number of aliphatic hydroxyl groups excluding tert-OH is 1. The molecule has 0 aliphatic heterocycles. The van der Waals surface area contributed by atoms with Crippen LogP contribution in [0.25, 0.3) is 27.8 Å². The van der Waals surface area contributed by atoms with Crippen LogP contribution in [0.4, 0.5) is 8.78 Å². The van der Waals surface area contributed by atoms with E-state index in [0.717, 1.165) is 0 Å². The molecule has 1 aromatic heterocycles. The summed E-state index contributed by atoms with van der Waals surface area (Å²) in [5.74, 6) is -1.39. The van der Waals surface area contributed by atoms with Gasteiger partial charge in [-0.3, -0.25) is 4.98 Å². The van der Waals surface area contributed by atoms with E-state index >= 15 is 0 Å². The van der Waals surface area contributed by atoms with Crippen LogP contribution < -0.4 is 0 Å². The SMILES string of the molecule is C=C(O)c1ccc2nc(C)cc(-c3c(F)cccc3F)c2c1. The van der Waals surface area contributed by atoms with Gasteiger partial charge in [0.1, 0.15) is 17.4 Å². The first-order chi connectivity index (χ1) is 10.5. The molecule has 3 aromatic rings. The van der Waals surface area contributed by atoms with Crippen molar-refractivity contribution < 1.29 is 13.9 Å². The summed E-state index contributed by atoms with van der Waals surface area (Å²) in [4.78, 5) is 4.37. The molecule has 0 amide bonds. The van der Waals surface area contributed by atoms with E-state index < -0.39 is 11.6 Å². The molecule has 0 aliphatic carbocycles. The second kappa shape index (κ2) is 5.22. The van der Waals surface area contributed by atoms with Gasteiger partial charge in [0.15, 0.2) is 0 Å². The summed E-state index contributed by atoms with van der Waals surface area (Å²) in [6, 6.07) is 10.4. The van der Waals surface area contributed by atoms with Crippen molar-refractivity contribution in [3.63, 3.8) is 0 Å². The van der Waals surface area contributed by atoms with Gasteiger partial charge in [-0.15, -0.1) is 0 Å². The summed E-state index contributed by atoms with van der Waals surface area (Å²) in [5, 5.41) is 10.1. The predicted molar refractivity (Wildman–Crippen MR) is 83.5 cm³/mol. The fraction of sp³-hybridized carbons (Fsp3) is 0.0556. The maximum atomic E-state index is 14.1. The van der Waals surface area contributed by atoms with E-state index in [-0.39, 0.29) is 11.3 Å². The van der Waals surface area contributed by atoms with Gasteiger partial charge in [0.25, 0.3) is 0 Å². The van der Waals surface area contributed by atoms with E-state index in [1.54, 1.807) is 31.2 Å². The molecule has 2 nitrogen and oxygen atoms in total. The number of nitrogens with zero attached hydrogens (tertiary/aromatic N) is 1. The summed E-state index contributed by atoms with van der Waals surface area (Å²) in [6.07, 6.45) is 0. The number of benzene rings is 2. The number of hydrogen-bond donors (Lipinski definition) is 1. The summed E-state index contributed by atoms with van der Waals surface area (Å²) in [6.45, 7) is 5.24. The normalized spacial score (nSPS) is 10.9. The first-order valence-corrected chi connectivity index (χ1v) is 6.71. The molecule has 22 heavy (non-hydrogen) atoms. The van der Waals surface area contributed by atoms with E-state index in [2.05, 4.69) is 11.6 Å². The van der Waals surface area contributed by atoms with Gasteiger partial charge < -0.3 is 5.11 Å². The number of fused-ring (bicyclic) bond motifs is 1. The molecular weight excluding hydrogens is 284 g/mol. The lowest BCUT2D eigenvalue weighted by Crippen LogP contribution is -1.95. The van der Waals surface area contributed by atoms with Gasteiger partial charge in [0, 0.05) is 16.6 Å². The minimum Gasteiger partial charge on any atom is -0.508 e. The third kappa shape index (κ3) is 2.33. The summed E-state index contributed by atoms with van der Waals surface area (Å²) in [5.41, 5.74) is 2.04. The molecule has 0 unspecified atom stereocenters. The highest BCUT2D eigenvalue weighted by Gasteiger charge is 2.15. The Bertz CT molecular complexity index is 883. The molecule has 0 fully saturated rings. The van der Waals surface area contributed by atoms with Crippen molar-refractivity contribution in [3.05, 3.63) is 71.9 Å². The maximum absolute atomic E-state index is 14.1. The first kappa shape index (κ1) is 14.2. The van der Waals surface area contributed by atoms with Crippen LogP contribution in [0.5, 0.6) is 0 Å². The molecular formula is C18H13F2NO. The minimum absolute atomic E-state index is 0.0984. The number of rotatable bonds is 2. The fourth-order valence-corrected chi connectivity index (χ4v) is 2.50. The van der Waals surface area contributed by atoms with Crippen molar-refractivity contribution in [2.24, 2.45) is 0 Å². The van der Waals surface area contributed by atoms with E-state index in [1.807, 2.05) is 0 Å². The Balaban J connectivity index is 2.42. The van der Waals surface area contributed by atoms with E-state index in [1.165, 1.54) is 18.2 Å². The molecule has 0 saturated heterocycles. The van der Waals surface area contributed by atoms with Crippen LogP contribution in [0, 0.1) is 18.6 Å². The Morgan fingerprint density at radius 2 is 1.77 bits per heavy atom. The van der Waals surface area contributed by atoms with Crippen LogP contribution in [-0.4, -0.2) is 10.1 Å². The molecule has 0 saturated carbocycles. The van der Waals surface area contributed by atoms with Crippen molar-refractivity contribution in [3.8, 4) is 11.1 Å². The van der Waals surface area contributed by atoms with E-state index in [9.17, 15) is 13.9 Å². The average Bonchev–Trinajstić information content (AvgIpc) is 2.46. The van der Waals surface area contributed by atoms with Gasteiger partial charge in [-0.1, -0.05) is 12.6 Å². The number of aryl methyl sites for hydroxylation is 1. The lowest BCUT2D eigenvalue weighted by atomic mass is 9.97. The largest absolute Gasteiger partial charge is 0.508 e. The van der Waals surface area contributed by atoms with Gasteiger partial charge in [-0.25, -0.2) is 8.78 Å². The molecule has 0 spiro atoms. The Kier molecular flexibility index (Phi) is 3.37. The predicted octanol–water partition coefficient (Wildman–Crippen LogP) is 5.02. The monoisotopic (exact) mass is 297 g/mol. The molecule has 1 heterocycles. The number of aliphatic hydroxyl groups is 1. The van der Waals surface area contributed by atoms with Crippen LogP contribution in [0.15, 0.2) is 49.0 Å². The van der Waals surface area contributed by atoms with E-state index in [4.69, 9.17) is 0 Å². The molecule has 0 radical (unpaired) electrons. The van der Waals surface area contributed by atoms with Crippen LogP contribution in [0.2, 0.25) is 0 Å². The number of halogens is 2. The third-order valence-corrected chi connectivity index (χ3v) is 3.50. The highest BCUT2D eigenvalue weighted by molar-refractivity contribution is 5.96. The van der Waals surface area contributed by atoms with Crippen LogP contribution in [0.1, 0.15) is 11.3 Å². The van der Waals surface area contributed by atoms with E-state index in [0.29, 0.717) is 27.7 Å². The second-order valence-electron chi connectivity index (χ2n) is 5.09. The lowest BCUT2D eigenvalue weighted by Gasteiger charge is -2.11. The van der Waals surface area contributed by atoms with Crippen molar-refractivity contribution in [2.75, 3.05) is 0 Å². The van der Waals surface area contributed by atoms with Crippen molar-refractivity contribution in [2.45, 2.75) is 6.92 Å². The number of hydrogen-bond acceptors (Lipinski definition) is 2. The van der Waals surface area contributed by atoms with Crippen LogP contribution in [-0.2, 0) is 0 Å². The Hall–Kier alpha value is -2.75. The topological polar surface area (TPSA) is 33.1 Å². The fourth-order valence-electron chi connectivity index (χ4n) is 2.50. The average molecular weight is 297 g/mol. The molecule has 3 rings (SSSR count). The van der Waals surface area contributed by atoms with Gasteiger partial charge >= 0.3 is 0 Å². The maximum Gasteiger partial charge on any atom is 0.133 e. The lowest BCUT2D eigenvalue weighted by molar-refractivity contribution is 0.514. The van der Waals surface area contributed by atoms with Crippen molar-refractivity contribution in [1.29, 1.82) is 0 Å². The second-order valence-corrected chi connectivity index (χ2v) is 5.09. The molecule has 2 aromatic carbocycles. The first-order valence-electron chi connectivity index (χ1n) is 6.71. The summed E-state index contributed by atoms with van der Waals surface area (Å²) < 4.78 is 28.3. The minimum atomic E-state index is -0.639. The van der Waals surface area contributed by atoms with Crippen molar-refractivity contribution >= 4 is 16.7 Å². The molecule has 1 N–H and O–H groups in total.